The lowest BCUT2D eigenvalue weighted by Gasteiger charge is -2.17. The van der Waals surface area contributed by atoms with E-state index in [-0.39, 0.29) is 12.5 Å². The number of carbonyl (C=O) groups is 1. The van der Waals surface area contributed by atoms with Crippen molar-refractivity contribution in [3.63, 3.8) is 0 Å². The molecule has 110 valence electrons. The van der Waals surface area contributed by atoms with Crippen LogP contribution in [0.1, 0.15) is 11.1 Å². The monoisotopic (exact) mass is 284 g/mol. The summed E-state index contributed by atoms with van der Waals surface area (Å²) >= 11 is 0. The molecule has 0 saturated heterocycles. The molecule has 0 atom stereocenters. The van der Waals surface area contributed by atoms with E-state index in [0.29, 0.717) is 18.0 Å². The van der Waals surface area contributed by atoms with E-state index in [4.69, 9.17) is 10.5 Å². The van der Waals surface area contributed by atoms with Crippen molar-refractivity contribution >= 4 is 11.6 Å². The highest BCUT2D eigenvalue weighted by atomic mass is 16.5. The number of carbonyl (C=O) groups excluding carboxylic acids is 1. The minimum Gasteiger partial charge on any atom is -0.484 e. The number of aryl methyl sites for hydroxylation is 1. The molecule has 0 aromatic heterocycles. The summed E-state index contributed by atoms with van der Waals surface area (Å²) in [6, 6.07) is 15.2. The maximum absolute atomic E-state index is 12.0. The molecule has 21 heavy (non-hydrogen) atoms. The fourth-order valence-electron chi connectivity index (χ4n) is 1.92. The SMILES string of the molecule is Cc1ccc(CN(C)C(=O)COc2cccc(N)c2)cc1. The number of rotatable bonds is 5. The van der Waals surface area contributed by atoms with E-state index in [1.165, 1.54) is 5.56 Å². The first-order chi connectivity index (χ1) is 10.0. The Hall–Kier alpha value is -2.49. The van der Waals surface area contributed by atoms with Gasteiger partial charge in [0.2, 0.25) is 0 Å². The summed E-state index contributed by atoms with van der Waals surface area (Å²) in [5, 5.41) is 0. The lowest BCUT2D eigenvalue weighted by molar-refractivity contribution is -0.132. The van der Waals surface area contributed by atoms with Crippen LogP contribution in [-0.2, 0) is 11.3 Å². The van der Waals surface area contributed by atoms with Crippen LogP contribution in [0.15, 0.2) is 48.5 Å². The van der Waals surface area contributed by atoms with Crippen LogP contribution in [0.25, 0.3) is 0 Å². The van der Waals surface area contributed by atoms with Crippen LogP contribution in [0.3, 0.4) is 0 Å². The van der Waals surface area contributed by atoms with E-state index < -0.39 is 0 Å². The van der Waals surface area contributed by atoms with E-state index in [9.17, 15) is 4.79 Å². The maximum Gasteiger partial charge on any atom is 0.260 e. The lowest BCUT2D eigenvalue weighted by Crippen LogP contribution is -2.30. The summed E-state index contributed by atoms with van der Waals surface area (Å²) in [5.74, 6) is 0.532. The molecule has 4 heteroatoms. The van der Waals surface area contributed by atoms with Crippen molar-refractivity contribution in [3.8, 4) is 5.75 Å². The Morgan fingerprint density at radius 1 is 1.19 bits per heavy atom. The van der Waals surface area contributed by atoms with Gasteiger partial charge in [-0.2, -0.15) is 0 Å². The van der Waals surface area contributed by atoms with Gasteiger partial charge in [0.15, 0.2) is 6.61 Å². The van der Waals surface area contributed by atoms with E-state index in [1.54, 1.807) is 36.2 Å². The number of nitrogen functional groups attached to an aromatic ring is 1. The third-order valence-electron chi connectivity index (χ3n) is 3.19. The molecule has 0 aliphatic rings. The van der Waals surface area contributed by atoms with Gasteiger partial charge in [0, 0.05) is 25.3 Å². The summed E-state index contributed by atoms with van der Waals surface area (Å²) in [4.78, 5) is 13.7. The molecule has 0 aliphatic heterocycles. The lowest BCUT2D eigenvalue weighted by atomic mass is 10.1. The molecule has 0 saturated carbocycles. The Kier molecular flexibility index (Phi) is 4.82. The maximum atomic E-state index is 12.0. The van der Waals surface area contributed by atoms with E-state index >= 15 is 0 Å². The highest BCUT2D eigenvalue weighted by molar-refractivity contribution is 5.77. The average molecular weight is 284 g/mol. The molecule has 0 spiro atoms. The molecule has 0 fully saturated rings. The minimum atomic E-state index is -0.0713. The highest BCUT2D eigenvalue weighted by Gasteiger charge is 2.10. The Bertz CT molecular complexity index is 608. The standard InChI is InChI=1S/C17H20N2O2/c1-13-6-8-14(9-7-13)11-19(2)17(20)12-21-16-5-3-4-15(18)10-16/h3-10H,11-12,18H2,1-2H3. The smallest absolute Gasteiger partial charge is 0.260 e. The fraction of sp³-hybridized carbons (Fsp3) is 0.235. The number of amides is 1. The van der Waals surface area contributed by atoms with Gasteiger partial charge in [-0.3, -0.25) is 4.79 Å². The summed E-state index contributed by atoms with van der Waals surface area (Å²) < 4.78 is 5.46. The zero-order chi connectivity index (χ0) is 15.2. The number of anilines is 1. The second kappa shape index (κ2) is 6.79. The summed E-state index contributed by atoms with van der Waals surface area (Å²) in [5.41, 5.74) is 8.59. The van der Waals surface area contributed by atoms with Crippen LogP contribution in [0.5, 0.6) is 5.75 Å². The zero-order valence-corrected chi connectivity index (χ0v) is 12.4. The molecular formula is C17H20N2O2. The number of ether oxygens (including phenoxy) is 1. The Balaban J connectivity index is 1.86. The van der Waals surface area contributed by atoms with Gasteiger partial charge >= 0.3 is 0 Å². The first-order valence-electron chi connectivity index (χ1n) is 6.82. The molecule has 2 aromatic rings. The summed E-state index contributed by atoms with van der Waals surface area (Å²) in [7, 11) is 1.77. The number of benzene rings is 2. The third kappa shape index (κ3) is 4.53. The van der Waals surface area contributed by atoms with Crippen molar-refractivity contribution in [2.24, 2.45) is 0 Å². The second-order valence-corrected chi connectivity index (χ2v) is 5.10. The predicted molar refractivity (Wildman–Crippen MR) is 84.0 cm³/mol. The van der Waals surface area contributed by atoms with Crippen molar-refractivity contribution in [3.05, 3.63) is 59.7 Å². The molecule has 0 unspecified atom stereocenters. The molecule has 0 aliphatic carbocycles. The highest BCUT2D eigenvalue weighted by Crippen LogP contribution is 2.14. The molecule has 4 nitrogen and oxygen atoms in total. The van der Waals surface area contributed by atoms with Gasteiger partial charge in [-0.05, 0) is 24.6 Å². The zero-order valence-electron chi connectivity index (χ0n) is 12.4. The molecule has 0 radical (unpaired) electrons. The Morgan fingerprint density at radius 3 is 2.57 bits per heavy atom. The molecular weight excluding hydrogens is 264 g/mol. The molecule has 1 amide bonds. The molecule has 2 N–H and O–H groups in total. The number of likely N-dealkylation sites (N-methyl/N-ethyl adjacent to an activating group) is 1. The van der Waals surface area contributed by atoms with Crippen molar-refractivity contribution in [2.45, 2.75) is 13.5 Å². The predicted octanol–water partition coefficient (Wildman–Crippen LogP) is 2.61. The van der Waals surface area contributed by atoms with Crippen LogP contribution in [0, 0.1) is 6.92 Å². The summed E-state index contributed by atoms with van der Waals surface area (Å²) in [6.07, 6.45) is 0. The topological polar surface area (TPSA) is 55.6 Å². The molecule has 2 rings (SSSR count). The quantitative estimate of drug-likeness (QED) is 0.859. The largest absolute Gasteiger partial charge is 0.484 e. The average Bonchev–Trinajstić information content (AvgIpc) is 2.47. The van der Waals surface area contributed by atoms with Gasteiger partial charge in [0.05, 0.1) is 0 Å². The fourth-order valence-corrected chi connectivity index (χ4v) is 1.92. The molecule has 0 bridgehead atoms. The van der Waals surface area contributed by atoms with E-state index in [2.05, 4.69) is 0 Å². The number of hydrogen-bond acceptors (Lipinski definition) is 3. The second-order valence-electron chi connectivity index (χ2n) is 5.10. The van der Waals surface area contributed by atoms with Gasteiger partial charge < -0.3 is 15.4 Å². The van der Waals surface area contributed by atoms with Crippen molar-refractivity contribution in [1.82, 2.24) is 4.90 Å². The molecule has 0 heterocycles. The normalized spacial score (nSPS) is 10.2. The van der Waals surface area contributed by atoms with Gasteiger partial charge in [-0.1, -0.05) is 35.9 Å². The summed E-state index contributed by atoms with van der Waals surface area (Å²) in [6.45, 7) is 2.61. The Labute approximate surface area is 125 Å². The van der Waals surface area contributed by atoms with Crippen molar-refractivity contribution in [1.29, 1.82) is 0 Å². The Morgan fingerprint density at radius 2 is 1.90 bits per heavy atom. The first kappa shape index (κ1) is 14.9. The van der Waals surface area contributed by atoms with Crippen molar-refractivity contribution < 1.29 is 9.53 Å². The molecule has 2 aromatic carbocycles. The minimum absolute atomic E-state index is 0.00577. The van der Waals surface area contributed by atoms with Gasteiger partial charge in [-0.25, -0.2) is 0 Å². The van der Waals surface area contributed by atoms with Gasteiger partial charge in [-0.15, -0.1) is 0 Å². The number of nitrogens with zero attached hydrogens (tertiary/aromatic N) is 1. The van der Waals surface area contributed by atoms with Crippen LogP contribution in [0.4, 0.5) is 5.69 Å². The third-order valence-corrected chi connectivity index (χ3v) is 3.19. The van der Waals surface area contributed by atoms with E-state index in [1.807, 2.05) is 31.2 Å². The van der Waals surface area contributed by atoms with Gasteiger partial charge in [0.1, 0.15) is 5.75 Å². The number of hydrogen-bond donors (Lipinski definition) is 1. The van der Waals surface area contributed by atoms with Crippen LogP contribution in [-0.4, -0.2) is 24.5 Å². The number of nitrogens with two attached hydrogens (primary N) is 1. The van der Waals surface area contributed by atoms with Crippen LogP contribution >= 0.6 is 0 Å². The van der Waals surface area contributed by atoms with Crippen LogP contribution in [0.2, 0.25) is 0 Å². The van der Waals surface area contributed by atoms with E-state index in [0.717, 1.165) is 5.56 Å². The van der Waals surface area contributed by atoms with Crippen molar-refractivity contribution in [2.75, 3.05) is 19.4 Å². The first-order valence-corrected chi connectivity index (χ1v) is 6.82. The van der Waals surface area contributed by atoms with Gasteiger partial charge in [0.25, 0.3) is 5.91 Å². The van der Waals surface area contributed by atoms with Crippen LogP contribution < -0.4 is 10.5 Å².